The van der Waals surface area contributed by atoms with Crippen molar-refractivity contribution in [2.75, 3.05) is 0 Å². The van der Waals surface area contributed by atoms with Crippen LogP contribution in [0.15, 0.2) is 42.6 Å². The second-order valence-corrected chi connectivity index (χ2v) is 9.15. The third kappa shape index (κ3) is 2.33. The van der Waals surface area contributed by atoms with E-state index in [4.69, 9.17) is 0 Å². The van der Waals surface area contributed by atoms with E-state index in [1.807, 2.05) is 0 Å². The fourth-order valence-corrected chi connectivity index (χ4v) is 6.37. The Hall–Kier alpha value is -1.63. The summed E-state index contributed by atoms with van der Waals surface area (Å²) < 4.78 is 5.46. The molecule has 0 amide bonds. The van der Waals surface area contributed by atoms with E-state index < -0.39 is 0 Å². The van der Waals surface area contributed by atoms with Gasteiger partial charge >= 0.3 is 144 Å². The average Bonchev–Trinajstić information content (AvgIpc) is 2.52. The third-order valence-corrected chi connectivity index (χ3v) is 7.21. The molecular weight excluding hydrogens is 345 g/mol. The Morgan fingerprint density at radius 1 is 1.09 bits per heavy atom. The maximum atomic E-state index is 2.34. The van der Waals surface area contributed by atoms with Gasteiger partial charge in [0.25, 0.3) is 0 Å². The summed E-state index contributed by atoms with van der Waals surface area (Å²) in [7, 11) is 2.19. The average molecular weight is 367 g/mol. The topological polar surface area (TPSA) is 3.88 Å². The molecule has 2 heteroatoms. The van der Waals surface area contributed by atoms with Gasteiger partial charge in [0.05, 0.1) is 0 Å². The summed E-state index contributed by atoms with van der Waals surface area (Å²) in [6.45, 7) is 6.88. The molecule has 0 fully saturated rings. The predicted molar refractivity (Wildman–Crippen MR) is 98.9 cm³/mol. The minimum atomic E-state index is 0.388. The number of hydrogen-bond donors (Lipinski definition) is 0. The quantitative estimate of drug-likeness (QED) is 0.379. The molecule has 0 saturated heterocycles. The summed E-state index contributed by atoms with van der Waals surface area (Å²) in [6, 6.07) is 13.7. The Balaban J connectivity index is 2.10. The van der Waals surface area contributed by atoms with E-state index in [0.717, 1.165) is 0 Å². The van der Waals surface area contributed by atoms with Crippen LogP contribution in [0, 0.1) is 12.8 Å². The number of hydrogen-bond acceptors (Lipinski definition) is 0. The first-order valence-electron chi connectivity index (χ1n) is 8.28. The number of aromatic nitrogens is 1. The van der Waals surface area contributed by atoms with Crippen molar-refractivity contribution in [3.63, 3.8) is 0 Å². The normalized spacial score (nSPS) is 12.7. The predicted octanol–water partition coefficient (Wildman–Crippen LogP) is 2.81. The van der Waals surface area contributed by atoms with Gasteiger partial charge in [0.1, 0.15) is 0 Å². The van der Waals surface area contributed by atoms with Crippen molar-refractivity contribution >= 4 is 34.7 Å². The van der Waals surface area contributed by atoms with Crippen LogP contribution in [-0.2, 0) is 13.5 Å². The molecule has 0 unspecified atom stereocenters. The zero-order valence-corrected chi connectivity index (χ0v) is 15.9. The van der Waals surface area contributed by atoms with Crippen molar-refractivity contribution in [3.8, 4) is 11.3 Å². The van der Waals surface area contributed by atoms with E-state index in [-0.39, 0.29) is 0 Å². The second-order valence-electron chi connectivity index (χ2n) is 6.94. The summed E-state index contributed by atoms with van der Waals surface area (Å²) in [5.41, 5.74) is 5.83. The van der Waals surface area contributed by atoms with Crippen LogP contribution in [0.3, 0.4) is 0 Å². The van der Waals surface area contributed by atoms with Crippen LogP contribution in [0.2, 0.25) is 0 Å². The number of nitrogens with zero attached hydrogens (tertiary/aromatic N) is 1. The van der Waals surface area contributed by atoms with E-state index in [0.29, 0.717) is 20.9 Å². The van der Waals surface area contributed by atoms with Gasteiger partial charge in [-0.2, -0.15) is 0 Å². The molecule has 0 spiro atoms. The van der Waals surface area contributed by atoms with Crippen LogP contribution in [0.4, 0.5) is 0 Å². The minimum absolute atomic E-state index is 0.388. The number of benzene rings is 2. The molecule has 0 saturated carbocycles. The molecule has 1 nitrogen and oxygen atoms in total. The van der Waals surface area contributed by atoms with Crippen LogP contribution in [0.1, 0.15) is 25.0 Å². The van der Waals surface area contributed by atoms with E-state index >= 15 is 0 Å². The number of rotatable bonds is 2. The molecule has 1 aliphatic rings. The first-order chi connectivity index (χ1) is 11.1. The summed E-state index contributed by atoms with van der Waals surface area (Å²) >= 11 is 0.388. The molecule has 116 valence electrons. The van der Waals surface area contributed by atoms with Gasteiger partial charge in [0, 0.05) is 0 Å². The van der Waals surface area contributed by atoms with Crippen LogP contribution < -0.4 is 13.5 Å². The van der Waals surface area contributed by atoms with Crippen molar-refractivity contribution in [3.05, 3.63) is 53.7 Å². The van der Waals surface area contributed by atoms with Crippen LogP contribution in [0.5, 0.6) is 0 Å². The van der Waals surface area contributed by atoms with Gasteiger partial charge in [-0.1, -0.05) is 0 Å². The number of fused-ring (bicyclic) bond motifs is 2. The van der Waals surface area contributed by atoms with Gasteiger partial charge in [-0.15, -0.1) is 0 Å². The molecular formula is C21H22NSe+. The Labute approximate surface area is 144 Å². The molecule has 0 bridgehead atoms. The molecule has 0 radical (unpaired) electrons. The molecule has 0 atom stereocenters. The Morgan fingerprint density at radius 3 is 2.70 bits per heavy atom. The fraction of sp³-hybridized carbons (Fsp3) is 0.286. The molecule has 2 aromatic carbocycles. The molecule has 0 N–H and O–H groups in total. The Morgan fingerprint density at radius 2 is 1.91 bits per heavy atom. The molecule has 0 aliphatic carbocycles. The number of pyridine rings is 1. The SMILES string of the molecule is Cc1ccc2cccc3c2c1-c1c(c(CC(C)C)cc[n+]1C)[Se]3. The molecule has 23 heavy (non-hydrogen) atoms. The van der Waals surface area contributed by atoms with Crippen LogP contribution in [-0.4, -0.2) is 15.0 Å². The zero-order chi connectivity index (χ0) is 16.1. The van der Waals surface area contributed by atoms with Gasteiger partial charge in [0.2, 0.25) is 0 Å². The van der Waals surface area contributed by atoms with Gasteiger partial charge < -0.3 is 0 Å². The van der Waals surface area contributed by atoms with E-state index in [1.165, 1.54) is 38.5 Å². The van der Waals surface area contributed by atoms with Crippen molar-refractivity contribution in [2.24, 2.45) is 13.0 Å². The maximum absolute atomic E-state index is 2.34. The summed E-state index contributed by atoms with van der Waals surface area (Å²) in [4.78, 5) is 0. The molecule has 4 rings (SSSR count). The van der Waals surface area contributed by atoms with Crippen molar-refractivity contribution in [1.29, 1.82) is 0 Å². The van der Waals surface area contributed by atoms with Crippen LogP contribution in [0.25, 0.3) is 22.0 Å². The second kappa shape index (κ2) is 5.47. The fourth-order valence-electron chi connectivity index (χ4n) is 3.62. The Kier molecular flexibility index (Phi) is 3.55. The number of aryl methyl sites for hydroxylation is 2. The summed E-state index contributed by atoms with van der Waals surface area (Å²) in [5.74, 6) is 0.691. The first kappa shape index (κ1) is 14.9. The van der Waals surface area contributed by atoms with Crippen molar-refractivity contribution in [1.82, 2.24) is 0 Å². The van der Waals surface area contributed by atoms with E-state index in [2.05, 4.69) is 75.0 Å². The molecule has 1 aromatic heterocycles. The van der Waals surface area contributed by atoms with Crippen molar-refractivity contribution in [2.45, 2.75) is 27.2 Å². The summed E-state index contributed by atoms with van der Waals surface area (Å²) in [5, 5.41) is 2.86. The van der Waals surface area contributed by atoms with E-state index in [9.17, 15) is 0 Å². The first-order valence-corrected chi connectivity index (χ1v) is 9.99. The van der Waals surface area contributed by atoms with Gasteiger partial charge in [-0.3, -0.25) is 0 Å². The van der Waals surface area contributed by atoms with Gasteiger partial charge in [0.15, 0.2) is 0 Å². The summed E-state index contributed by atoms with van der Waals surface area (Å²) in [6.07, 6.45) is 3.42. The van der Waals surface area contributed by atoms with Gasteiger partial charge in [-0.25, -0.2) is 0 Å². The van der Waals surface area contributed by atoms with Crippen LogP contribution >= 0.6 is 0 Å². The molecule has 1 aliphatic heterocycles. The Bertz CT molecular complexity index is 925. The van der Waals surface area contributed by atoms with Gasteiger partial charge in [-0.05, 0) is 0 Å². The van der Waals surface area contributed by atoms with Crippen molar-refractivity contribution < 1.29 is 4.57 Å². The monoisotopic (exact) mass is 368 g/mol. The zero-order valence-electron chi connectivity index (χ0n) is 14.2. The van der Waals surface area contributed by atoms with E-state index in [1.54, 1.807) is 10.0 Å². The standard InChI is InChI=1S/C21H22NSe/c1-13(2)12-16-10-11-22(4)20-18-14(3)8-9-15-6-5-7-17(19(15)18)23-21(16)20/h5-11,13H,12H2,1-4H3/q+1. The third-order valence-electron chi connectivity index (χ3n) is 4.65. The molecule has 2 heterocycles. The molecule has 3 aromatic rings.